The fourth-order valence-corrected chi connectivity index (χ4v) is 1.16. The summed E-state index contributed by atoms with van der Waals surface area (Å²) >= 11 is 0. The molecule has 0 bridgehead atoms. The number of carboxylic acids is 1. The van der Waals surface area contributed by atoms with E-state index in [1.165, 1.54) is 0 Å². The zero-order chi connectivity index (χ0) is 13.3. The summed E-state index contributed by atoms with van der Waals surface area (Å²) in [7, 11) is 0. The minimum Gasteiger partial charge on any atom is -0.476 e. The van der Waals surface area contributed by atoms with Gasteiger partial charge in [-0.1, -0.05) is 0 Å². The highest BCUT2D eigenvalue weighted by atomic mass is 19.2. The average molecular weight is 258 g/mol. The number of rotatable bonds is 3. The Morgan fingerprint density at radius 3 is 2.50 bits per heavy atom. The summed E-state index contributed by atoms with van der Waals surface area (Å²) in [5.74, 6) is -5.00. The number of halogens is 3. The van der Waals surface area contributed by atoms with Crippen LogP contribution in [0.4, 0.5) is 24.9 Å². The van der Waals surface area contributed by atoms with E-state index in [2.05, 4.69) is 14.7 Å². The number of benzene rings is 1. The van der Waals surface area contributed by atoms with Gasteiger partial charge in [0.1, 0.15) is 12.1 Å². The molecule has 1 aromatic heterocycles. The van der Waals surface area contributed by atoms with Gasteiger partial charge in [0, 0.05) is 12.1 Å². The van der Waals surface area contributed by atoms with Gasteiger partial charge in [-0.15, -0.1) is 0 Å². The molecular formula is C10H5F3N2O3. The minimum absolute atomic E-state index is 0.346. The first-order valence-corrected chi connectivity index (χ1v) is 4.58. The summed E-state index contributed by atoms with van der Waals surface area (Å²) in [4.78, 5) is 13.9. The number of oxazole rings is 1. The molecular weight excluding hydrogens is 253 g/mol. The number of hydrogen-bond donors (Lipinski definition) is 2. The Labute approximate surface area is 97.9 Å². The van der Waals surface area contributed by atoms with Crippen LogP contribution in [0, 0.1) is 17.5 Å². The van der Waals surface area contributed by atoms with E-state index < -0.39 is 34.8 Å². The molecule has 0 saturated carbocycles. The Kier molecular flexibility index (Phi) is 2.92. The summed E-state index contributed by atoms with van der Waals surface area (Å²) in [6, 6.07) is 0.561. The monoisotopic (exact) mass is 258 g/mol. The van der Waals surface area contributed by atoms with Crippen molar-refractivity contribution in [2.75, 3.05) is 5.32 Å². The molecule has 0 aliphatic carbocycles. The maximum absolute atomic E-state index is 13.2. The van der Waals surface area contributed by atoms with Crippen molar-refractivity contribution in [2.45, 2.75) is 0 Å². The first-order chi connectivity index (χ1) is 8.47. The first kappa shape index (κ1) is 12.0. The number of anilines is 2. The van der Waals surface area contributed by atoms with Crippen molar-refractivity contribution in [3.8, 4) is 0 Å². The van der Waals surface area contributed by atoms with Gasteiger partial charge in [0.15, 0.2) is 17.3 Å². The third-order valence-electron chi connectivity index (χ3n) is 1.97. The fourth-order valence-electron chi connectivity index (χ4n) is 1.16. The lowest BCUT2D eigenvalue weighted by Gasteiger charge is -2.03. The van der Waals surface area contributed by atoms with Crippen LogP contribution in [0.15, 0.2) is 22.8 Å². The van der Waals surface area contributed by atoms with E-state index in [0.717, 1.165) is 6.26 Å². The van der Waals surface area contributed by atoms with Crippen molar-refractivity contribution in [3.63, 3.8) is 0 Å². The van der Waals surface area contributed by atoms with Gasteiger partial charge in [0.2, 0.25) is 0 Å². The fraction of sp³-hybridized carbons (Fsp3) is 0. The van der Waals surface area contributed by atoms with E-state index in [0.29, 0.717) is 12.1 Å². The molecule has 0 unspecified atom stereocenters. The van der Waals surface area contributed by atoms with E-state index in [-0.39, 0.29) is 6.01 Å². The van der Waals surface area contributed by atoms with Gasteiger partial charge >= 0.3 is 5.97 Å². The molecule has 0 amide bonds. The number of nitrogens with zero attached hydrogens (tertiary/aromatic N) is 1. The van der Waals surface area contributed by atoms with Crippen LogP contribution in [0.5, 0.6) is 0 Å². The maximum Gasteiger partial charge on any atom is 0.357 e. The average Bonchev–Trinajstić information content (AvgIpc) is 2.74. The predicted molar refractivity (Wildman–Crippen MR) is 53.1 cm³/mol. The molecule has 18 heavy (non-hydrogen) atoms. The molecule has 0 fully saturated rings. The highest BCUT2D eigenvalue weighted by molar-refractivity contribution is 5.85. The van der Waals surface area contributed by atoms with Crippen LogP contribution >= 0.6 is 0 Å². The van der Waals surface area contributed by atoms with Crippen molar-refractivity contribution < 1.29 is 27.5 Å². The molecule has 0 saturated heterocycles. The third kappa shape index (κ3) is 2.26. The Balaban J connectivity index is 2.28. The molecule has 1 aromatic carbocycles. The van der Waals surface area contributed by atoms with Crippen LogP contribution in [-0.2, 0) is 0 Å². The maximum atomic E-state index is 13.2. The van der Waals surface area contributed by atoms with Crippen molar-refractivity contribution in [1.29, 1.82) is 0 Å². The molecule has 2 rings (SSSR count). The standard InChI is InChI=1S/C10H5F3N2O3/c11-4-1-6(13)7(2-5(4)12)14-10-15-8(3-18-10)9(16)17/h1-3H,(H,14,15)(H,16,17). The van der Waals surface area contributed by atoms with Crippen molar-refractivity contribution in [3.05, 3.63) is 41.5 Å². The number of aromatic carboxylic acids is 1. The zero-order valence-electron chi connectivity index (χ0n) is 8.58. The van der Waals surface area contributed by atoms with Gasteiger partial charge in [-0.05, 0) is 0 Å². The van der Waals surface area contributed by atoms with Crippen molar-refractivity contribution in [2.24, 2.45) is 0 Å². The second-order valence-corrected chi connectivity index (χ2v) is 3.21. The number of hydrogen-bond acceptors (Lipinski definition) is 4. The van der Waals surface area contributed by atoms with Crippen molar-refractivity contribution >= 4 is 17.7 Å². The number of carbonyl (C=O) groups is 1. The van der Waals surface area contributed by atoms with E-state index in [1.54, 1.807) is 0 Å². The summed E-state index contributed by atoms with van der Waals surface area (Å²) < 4.78 is 43.4. The summed E-state index contributed by atoms with van der Waals surface area (Å²) in [6.07, 6.45) is 0.822. The molecule has 94 valence electrons. The van der Waals surface area contributed by atoms with E-state index in [1.807, 2.05) is 0 Å². The highest BCUT2D eigenvalue weighted by Crippen LogP contribution is 2.22. The lowest BCUT2D eigenvalue weighted by Crippen LogP contribution is -1.99. The Bertz CT molecular complexity index is 612. The number of carboxylic acid groups (broad SMARTS) is 1. The Morgan fingerprint density at radius 1 is 1.22 bits per heavy atom. The first-order valence-electron chi connectivity index (χ1n) is 4.58. The summed E-state index contributed by atoms with van der Waals surface area (Å²) in [5.41, 5.74) is -0.826. The Morgan fingerprint density at radius 2 is 1.89 bits per heavy atom. The molecule has 0 atom stereocenters. The van der Waals surface area contributed by atoms with Crippen LogP contribution in [-0.4, -0.2) is 16.1 Å². The van der Waals surface area contributed by atoms with Gasteiger partial charge in [-0.3, -0.25) is 0 Å². The van der Waals surface area contributed by atoms with Gasteiger partial charge in [0.05, 0.1) is 5.69 Å². The van der Waals surface area contributed by atoms with E-state index in [4.69, 9.17) is 5.11 Å². The van der Waals surface area contributed by atoms with Gasteiger partial charge in [-0.25, -0.2) is 18.0 Å². The second-order valence-electron chi connectivity index (χ2n) is 3.21. The molecule has 0 spiro atoms. The summed E-state index contributed by atoms with van der Waals surface area (Å²) in [5, 5.41) is 10.8. The normalized spacial score (nSPS) is 10.4. The minimum atomic E-state index is -1.34. The van der Waals surface area contributed by atoms with E-state index >= 15 is 0 Å². The van der Waals surface area contributed by atoms with Crippen LogP contribution in [0.3, 0.4) is 0 Å². The number of nitrogens with one attached hydrogen (secondary N) is 1. The molecule has 0 radical (unpaired) electrons. The van der Waals surface area contributed by atoms with Gasteiger partial charge < -0.3 is 14.8 Å². The lowest BCUT2D eigenvalue weighted by atomic mass is 10.3. The molecule has 0 aliphatic rings. The molecule has 2 N–H and O–H groups in total. The smallest absolute Gasteiger partial charge is 0.357 e. The molecule has 5 nitrogen and oxygen atoms in total. The number of aromatic nitrogens is 1. The molecule has 2 aromatic rings. The summed E-state index contributed by atoms with van der Waals surface area (Å²) in [6.45, 7) is 0. The lowest BCUT2D eigenvalue weighted by molar-refractivity contribution is 0.0690. The second kappa shape index (κ2) is 4.40. The topological polar surface area (TPSA) is 75.4 Å². The van der Waals surface area contributed by atoms with Crippen LogP contribution in [0.1, 0.15) is 10.5 Å². The molecule has 1 heterocycles. The van der Waals surface area contributed by atoms with Crippen LogP contribution in [0.2, 0.25) is 0 Å². The third-order valence-corrected chi connectivity index (χ3v) is 1.97. The van der Waals surface area contributed by atoms with Gasteiger partial charge in [0.25, 0.3) is 6.01 Å². The molecule has 0 aliphatic heterocycles. The van der Waals surface area contributed by atoms with Crippen LogP contribution < -0.4 is 5.32 Å². The van der Waals surface area contributed by atoms with Crippen LogP contribution in [0.25, 0.3) is 0 Å². The largest absolute Gasteiger partial charge is 0.476 e. The SMILES string of the molecule is O=C(O)c1coc(Nc2cc(F)c(F)cc2F)n1. The quantitative estimate of drug-likeness (QED) is 0.827. The highest BCUT2D eigenvalue weighted by Gasteiger charge is 2.14. The van der Waals surface area contributed by atoms with Gasteiger partial charge in [-0.2, -0.15) is 4.98 Å². The predicted octanol–water partition coefficient (Wildman–Crippen LogP) is 2.53. The Hall–Kier alpha value is -2.51. The molecule has 8 heteroatoms. The van der Waals surface area contributed by atoms with E-state index in [9.17, 15) is 18.0 Å². The zero-order valence-corrected chi connectivity index (χ0v) is 8.58. The van der Waals surface area contributed by atoms with Crippen molar-refractivity contribution in [1.82, 2.24) is 4.98 Å².